The van der Waals surface area contributed by atoms with Gasteiger partial charge in [0.2, 0.25) is 5.91 Å². The molecule has 1 amide bonds. The maximum absolute atomic E-state index is 15.6. The first kappa shape index (κ1) is 25.3. The number of carboxylic acids is 1. The van der Waals surface area contributed by atoms with Crippen molar-refractivity contribution in [2.24, 2.45) is 17.8 Å². The Balaban J connectivity index is 1.51. The molecule has 5 rings (SSSR count). The SMILES string of the molecule is [2H][C@@H](c1ccc(-c2ccc(N(C)C)cc2)cc1F)N(C(=O)[C@@H]1C[C@H]2CC[C@@H]1C2)c1cc(F)cc(/C=C/C(=O)O)c1. The lowest BCUT2D eigenvalue weighted by molar-refractivity contribution is -0.131. The van der Waals surface area contributed by atoms with Crippen LogP contribution in [0, 0.1) is 29.4 Å². The topological polar surface area (TPSA) is 60.9 Å². The van der Waals surface area contributed by atoms with E-state index in [9.17, 15) is 14.0 Å². The Hall–Kier alpha value is -4.00. The van der Waals surface area contributed by atoms with Gasteiger partial charge in [0.05, 0.1) is 7.89 Å². The van der Waals surface area contributed by atoms with E-state index in [-0.39, 0.29) is 34.6 Å². The van der Waals surface area contributed by atoms with E-state index in [1.54, 1.807) is 6.07 Å². The third-order valence-corrected chi connectivity index (χ3v) is 7.88. The van der Waals surface area contributed by atoms with Crippen LogP contribution < -0.4 is 9.80 Å². The Labute approximate surface area is 228 Å². The number of hydrogen-bond donors (Lipinski definition) is 1. The zero-order valence-corrected chi connectivity index (χ0v) is 22.0. The van der Waals surface area contributed by atoms with E-state index in [2.05, 4.69) is 0 Å². The minimum atomic E-state index is -1.46. The molecular weight excluding hydrogens is 498 g/mol. The fourth-order valence-corrected chi connectivity index (χ4v) is 5.89. The first-order chi connectivity index (χ1) is 19.1. The number of rotatable bonds is 8. The number of carbonyl (C=O) groups excluding carboxylic acids is 1. The number of aliphatic carboxylic acids is 1. The van der Waals surface area contributed by atoms with Crippen LogP contribution in [0.25, 0.3) is 17.2 Å². The van der Waals surface area contributed by atoms with E-state index in [4.69, 9.17) is 6.48 Å². The van der Waals surface area contributed by atoms with Crippen molar-refractivity contribution in [1.82, 2.24) is 0 Å². The molecule has 2 aliphatic rings. The quantitative estimate of drug-likeness (QED) is 0.326. The Morgan fingerprint density at radius 1 is 0.974 bits per heavy atom. The fourth-order valence-electron chi connectivity index (χ4n) is 5.89. The zero-order chi connectivity index (χ0) is 28.6. The van der Waals surface area contributed by atoms with Gasteiger partial charge in [0, 0.05) is 43.0 Å². The first-order valence-corrected chi connectivity index (χ1v) is 13.1. The molecule has 39 heavy (non-hydrogen) atoms. The van der Waals surface area contributed by atoms with Gasteiger partial charge in [0.15, 0.2) is 0 Å². The van der Waals surface area contributed by atoms with Gasteiger partial charge in [-0.1, -0.05) is 30.7 Å². The van der Waals surface area contributed by atoms with Crippen molar-refractivity contribution in [2.45, 2.75) is 32.2 Å². The van der Waals surface area contributed by atoms with E-state index in [0.29, 0.717) is 17.9 Å². The van der Waals surface area contributed by atoms with Crippen LogP contribution in [0.1, 0.15) is 38.2 Å². The van der Waals surface area contributed by atoms with Crippen molar-refractivity contribution in [2.75, 3.05) is 23.9 Å². The minimum absolute atomic E-state index is 0.00272. The molecule has 3 aromatic carbocycles. The van der Waals surface area contributed by atoms with Crippen molar-refractivity contribution in [1.29, 1.82) is 0 Å². The molecule has 3 aromatic rings. The van der Waals surface area contributed by atoms with Gasteiger partial charge in [-0.3, -0.25) is 4.79 Å². The smallest absolute Gasteiger partial charge is 0.328 e. The summed E-state index contributed by atoms with van der Waals surface area (Å²) in [5.74, 6) is -2.50. The number of carboxylic acid groups (broad SMARTS) is 1. The second-order valence-corrected chi connectivity index (χ2v) is 10.7. The third kappa shape index (κ3) is 5.87. The van der Waals surface area contributed by atoms with Gasteiger partial charge in [0.25, 0.3) is 0 Å². The first-order valence-electron chi connectivity index (χ1n) is 13.7. The monoisotopic (exact) mass is 531 g/mol. The van der Waals surface area contributed by atoms with E-state index in [1.807, 2.05) is 43.3 Å². The fraction of sp³-hybridized carbons (Fsp3) is 0.312. The number of anilines is 2. The predicted octanol–water partition coefficient (Wildman–Crippen LogP) is 6.77. The van der Waals surface area contributed by atoms with Gasteiger partial charge in [0.1, 0.15) is 11.6 Å². The molecule has 0 aliphatic heterocycles. The molecule has 0 heterocycles. The number of carbonyl (C=O) groups is 2. The highest BCUT2D eigenvalue weighted by Crippen LogP contribution is 2.49. The van der Waals surface area contributed by atoms with Gasteiger partial charge in [-0.05, 0) is 90.3 Å². The highest BCUT2D eigenvalue weighted by atomic mass is 19.1. The largest absolute Gasteiger partial charge is 0.478 e. The van der Waals surface area contributed by atoms with E-state index >= 15 is 4.39 Å². The van der Waals surface area contributed by atoms with Gasteiger partial charge in [-0.2, -0.15) is 0 Å². The van der Waals surface area contributed by atoms with Crippen molar-refractivity contribution in [3.05, 3.63) is 89.5 Å². The number of benzene rings is 3. The Kier molecular flexibility index (Phi) is 7.14. The van der Waals surface area contributed by atoms with Gasteiger partial charge in [-0.25, -0.2) is 13.6 Å². The molecule has 7 heteroatoms. The molecule has 0 spiro atoms. The average molecular weight is 532 g/mol. The highest BCUT2D eigenvalue weighted by Gasteiger charge is 2.44. The summed E-state index contributed by atoms with van der Waals surface area (Å²) in [6, 6.07) is 16.0. The molecule has 0 radical (unpaired) electrons. The summed E-state index contributed by atoms with van der Waals surface area (Å²) in [5, 5.41) is 9.01. The van der Waals surface area contributed by atoms with Crippen LogP contribution in [-0.2, 0) is 16.1 Å². The van der Waals surface area contributed by atoms with Crippen LogP contribution >= 0.6 is 0 Å². The number of amides is 1. The standard InChI is InChI=1S/C32H32F2N2O3/c1-35(2)27-10-8-22(9-11-27)23-6-7-25(30(34)17-23)19-36(32(39)29-16-20-3-5-24(29)13-20)28-15-21(4-12-31(37)38)14-26(33)18-28/h4,6-12,14-15,17-18,20,24,29H,3,5,13,16,19H2,1-2H3,(H,37,38)/b12-4+/t20-,24+,29+/m0/s1/i19D/t19-,20-,24+,29+. The Morgan fingerprint density at radius 2 is 1.72 bits per heavy atom. The third-order valence-electron chi connectivity index (χ3n) is 7.88. The molecule has 2 saturated carbocycles. The van der Waals surface area contributed by atoms with Crippen LogP contribution in [0.3, 0.4) is 0 Å². The number of halogens is 2. The average Bonchev–Trinajstić information content (AvgIpc) is 3.56. The molecular formula is C32H32F2N2O3. The summed E-state index contributed by atoms with van der Waals surface area (Å²) in [5.41, 5.74) is 2.78. The normalized spacial score (nSPS) is 21.1. The number of fused-ring (bicyclic) bond motifs is 2. The van der Waals surface area contributed by atoms with Crippen molar-refractivity contribution in [3.8, 4) is 11.1 Å². The lowest BCUT2D eigenvalue weighted by Gasteiger charge is -2.30. The molecule has 0 aromatic heterocycles. The maximum Gasteiger partial charge on any atom is 0.328 e. The molecule has 5 nitrogen and oxygen atoms in total. The summed E-state index contributed by atoms with van der Waals surface area (Å²) in [4.78, 5) is 28.1. The van der Waals surface area contributed by atoms with Crippen LogP contribution in [0.5, 0.6) is 0 Å². The Bertz CT molecular complexity index is 1460. The molecule has 1 N–H and O–H groups in total. The lowest BCUT2D eigenvalue weighted by atomic mass is 9.87. The van der Waals surface area contributed by atoms with Crippen LogP contribution in [0.15, 0.2) is 66.7 Å². The molecule has 2 bridgehead atoms. The summed E-state index contributed by atoms with van der Waals surface area (Å²) >= 11 is 0. The van der Waals surface area contributed by atoms with Crippen LogP contribution in [-0.4, -0.2) is 31.1 Å². The van der Waals surface area contributed by atoms with Crippen molar-refractivity contribution < 1.29 is 24.8 Å². The maximum atomic E-state index is 15.6. The zero-order valence-electron chi connectivity index (χ0n) is 23.0. The van der Waals surface area contributed by atoms with E-state index in [0.717, 1.165) is 48.7 Å². The number of nitrogens with zero attached hydrogens (tertiary/aromatic N) is 2. The Morgan fingerprint density at radius 3 is 2.33 bits per heavy atom. The van der Waals surface area contributed by atoms with Gasteiger partial charge >= 0.3 is 5.97 Å². The summed E-state index contributed by atoms with van der Waals surface area (Å²) in [6.45, 7) is -1.46. The van der Waals surface area contributed by atoms with Crippen LogP contribution in [0.4, 0.5) is 20.2 Å². The molecule has 4 atom stereocenters. The van der Waals surface area contributed by atoms with E-state index in [1.165, 1.54) is 29.2 Å². The van der Waals surface area contributed by atoms with Crippen molar-refractivity contribution in [3.63, 3.8) is 0 Å². The predicted molar refractivity (Wildman–Crippen MR) is 149 cm³/mol. The summed E-state index contributed by atoms with van der Waals surface area (Å²) < 4.78 is 39.4. The molecule has 202 valence electrons. The highest BCUT2D eigenvalue weighted by molar-refractivity contribution is 5.96. The molecule has 0 unspecified atom stereocenters. The van der Waals surface area contributed by atoms with Gasteiger partial charge in [-0.15, -0.1) is 0 Å². The lowest BCUT2D eigenvalue weighted by Crippen LogP contribution is -2.38. The number of hydrogen-bond acceptors (Lipinski definition) is 3. The summed E-state index contributed by atoms with van der Waals surface area (Å²) in [7, 11) is 3.87. The minimum Gasteiger partial charge on any atom is -0.478 e. The van der Waals surface area contributed by atoms with Crippen LogP contribution in [0.2, 0.25) is 0 Å². The summed E-state index contributed by atoms with van der Waals surface area (Å²) in [6.07, 6.45) is 5.78. The molecule has 2 aliphatic carbocycles. The van der Waals surface area contributed by atoms with E-state index < -0.39 is 24.1 Å². The second-order valence-electron chi connectivity index (χ2n) is 10.7. The van der Waals surface area contributed by atoms with Crippen molar-refractivity contribution >= 4 is 29.3 Å². The molecule has 2 fully saturated rings. The van der Waals surface area contributed by atoms with Gasteiger partial charge < -0.3 is 14.9 Å². The second kappa shape index (κ2) is 11.0. The molecule has 0 saturated heterocycles.